The summed E-state index contributed by atoms with van der Waals surface area (Å²) in [6.45, 7) is 5.88. The number of nitrogens with zero attached hydrogens (tertiary/aromatic N) is 4. The number of benzene rings is 1. The van der Waals surface area contributed by atoms with Crippen LogP contribution in [0.15, 0.2) is 36.7 Å². The maximum absolute atomic E-state index is 12.7. The molecule has 1 N–H and O–H groups in total. The van der Waals surface area contributed by atoms with E-state index in [4.69, 9.17) is 21.1 Å². The van der Waals surface area contributed by atoms with Crippen LogP contribution >= 0.6 is 11.6 Å². The summed E-state index contributed by atoms with van der Waals surface area (Å²) in [5.41, 5.74) is 2.65. The quantitative estimate of drug-likeness (QED) is 0.505. The van der Waals surface area contributed by atoms with Crippen molar-refractivity contribution in [2.75, 3.05) is 26.3 Å². The van der Waals surface area contributed by atoms with Gasteiger partial charge in [-0.15, -0.1) is 0 Å². The van der Waals surface area contributed by atoms with Gasteiger partial charge in [0.25, 0.3) is 0 Å². The van der Waals surface area contributed by atoms with E-state index < -0.39 is 5.97 Å². The van der Waals surface area contributed by atoms with Gasteiger partial charge in [0.05, 0.1) is 36.3 Å². The second kappa shape index (κ2) is 10.8. The molecule has 0 spiro atoms. The van der Waals surface area contributed by atoms with Gasteiger partial charge >= 0.3 is 12.1 Å². The van der Waals surface area contributed by atoms with E-state index in [9.17, 15) is 9.59 Å². The van der Waals surface area contributed by atoms with Gasteiger partial charge in [-0.3, -0.25) is 4.98 Å². The SMILES string of the molecule is CCOC(=O)c1cnn(-c2ccnc3cc(Cl)ccc23)c1CNC1CCN(C(=O)OCC)CC1. The number of carbonyl (C=O) groups is 2. The number of amides is 1. The molecule has 1 aliphatic heterocycles. The molecule has 1 saturated heterocycles. The average Bonchev–Trinajstić information content (AvgIpc) is 3.26. The van der Waals surface area contributed by atoms with Crippen LogP contribution in [0.3, 0.4) is 0 Å². The van der Waals surface area contributed by atoms with E-state index in [-0.39, 0.29) is 18.7 Å². The Kier molecular flexibility index (Phi) is 7.64. The molecule has 0 saturated carbocycles. The molecule has 3 heterocycles. The number of hydrogen-bond acceptors (Lipinski definition) is 7. The Bertz CT molecular complexity index is 1170. The lowest BCUT2D eigenvalue weighted by Crippen LogP contribution is -2.45. The fraction of sp³-hybridized carbons (Fsp3) is 0.417. The molecule has 0 unspecified atom stereocenters. The molecule has 34 heavy (non-hydrogen) atoms. The highest BCUT2D eigenvalue weighted by atomic mass is 35.5. The zero-order valence-electron chi connectivity index (χ0n) is 19.3. The predicted molar refractivity (Wildman–Crippen MR) is 128 cm³/mol. The van der Waals surface area contributed by atoms with Crippen LogP contribution in [0.25, 0.3) is 16.6 Å². The summed E-state index contributed by atoms with van der Waals surface area (Å²) in [6.07, 6.45) is 4.55. The number of esters is 1. The molecule has 1 amide bonds. The van der Waals surface area contributed by atoms with Gasteiger partial charge in [-0.05, 0) is 51.0 Å². The Labute approximate surface area is 203 Å². The number of halogens is 1. The maximum Gasteiger partial charge on any atom is 0.409 e. The molecule has 1 aromatic carbocycles. The molecule has 9 nitrogen and oxygen atoms in total. The Morgan fingerprint density at radius 1 is 1.15 bits per heavy atom. The molecule has 180 valence electrons. The molecular weight excluding hydrogens is 458 g/mol. The topological polar surface area (TPSA) is 98.6 Å². The first-order valence-electron chi connectivity index (χ1n) is 11.5. The fourth-order valence-corrected chi connectivity index (χ4v) is 4.31. The first-order valence-corrected chi connectivity index (χ1v) is 11.8. The number of rotatable bonds is 7. The second-order valence-corrected chi connectivity index (χ2v) is 8.41. The third-order valence-electron chi connectivity index (χ3n) is 5.85. The summed E-state index contributed by atoms with van der Waals surface area (Å²) in [6, 6.07) is 7.55. The molecule has 2 aromatic heterocycles. The van der Waals surface area contributed by atoms with Gasteiger partial charge in [-0.2, -0.15) is 5.10 Å². The summed E-state index contributed by atoms with van der Waals surface area (Å²) in [7, 11) is 0. The minimum absolute atomic E-state index is 0.192. The first kappa shape index (κ1) is 24.0. The van der Waals surface area contributed by atoms with Crippen LogP contribution < -0.4 is 5.32 Å². The number of aromatic nitrogens is 3. The summed E-state index contributed by atoms with van der Waals surface area (Å²) < 4.78 is 12.1. The zero-order chi connectivity index (χ0) is 24.1. The molecular formula is C24H28ClN5O4. The number of carbonyl (C=O) groups excluding carboxylic acids is 2. The standard InChI is InChI=1S/C24H28ClN5O4/c1-3-33-23(31)19-14-28-30(21-7-10-26-20-13-16(25)5-6-18(20)21)22(19)15-27-17-8-11-29(12-9-17)24(32)34-4-2/h5-7,10,13-14,17,27H,3-4,8-9,11-12,15H2,1-2H3. The zero-order valence-corrected chi connectivity index (χ0v) is 20.0. The summed E-state index contributed by atoms with van der Waals surface area (Å²) in [5, 5.41) is 9.53. The number of piperidine rings is 1. The lowest BCUT2D eigenvalue weighted by molar-refractivity contribution is 0.0524. The van der Waals surface area contributed by atoms with Crippen molar-refractivity contribution < 1.29 is 19.1 Å². The van der Waals surface area contributed by atoms with Crippen molar-refractivity contribution in [2.24, 2.45) is 0 Å². The maximum atomic E-state index is 12.7. The minimum Gasteiger partial charge on any atom is -0.462 e. The van der Waals surface area contributed by atoms with Crippen LogP contribution in [0.1, 0.15) is 42.7 Å². The van der Waals surface area contributed by atoms with Gasteiger partial charge in [0.2, 0.25) is 0 Å². The van der Waals surface area contributed by atoms with Crippen molar-refractivity contribution in [1.29, 1.82) is 0 Å². The Morgan fingerprint density at radius 3 is 2.65 bits per heavy atom. The van der Waals surface area contributed by atoms with E-state index in [2.05, 4.69) is 15.4 Å². The van der Waals surface area contributed by atoms with E-state index in [1.807, 2.05) is 12.1 Å². The largest absolute Gasteiger partial charge is 0.462 e. The molecule has 0 aliphatic carbocycles. The van der Waals surface area contributed by atoms with Gasteiger partial charge in [0, 0.05) is 42.3 Å². The van der Waals surface area contributed by atoms with E-state index in [1.54, 1.807) is 48.0 Å². The van der Waals surface area contributed by atoms with Crippen LogP contribution in [0.2, 0.25) is 5.02 Å². The molecule has 1 fully saturated rings. The van der Waals surface area contributed by atoms with Crippen LogP contribution in [0.5, 0.6) is 0 Å². The molecule has 0 bridgehead atoms. The van der Waals surface area contributed by atoms with Crippen molar-refractivity contribution in [3.63, 3.8) is 0 Å². The Hall–Kier alpha value is -3.17. The third kappa shape index (κ3) is 5.15. The third-order valence-corrected chi connectivity index (χ3v) is 6.09. The first-order chi connectivity index (χ1) is 16.5. The van der Waals surface area contributed by atoms with Gasteiger partial charge in [0.1, 0.15) is 5.56 Å². The predicted octanol–water partition coefficient (Wildman–Crippen LogP) is 3.96. The van der Waals surface area contributed by atoms with Crippen LogP contribution in [0.4, 0.5) is 4.79 Å². The summed E-state index contributed by atoms with van der Waals surface area (Å²) >= 11 is 6.15. The van der Waals surface area contributed by atoms with E-state index >= 15 is 0 Å². The highest BCUT2D eigenvalue weighted by molar-refractivity contribution is 6.31. The second-order valence-electron chi connectivity index (χ2n) is 7.97. The molecule has 3 aromatic rings. The van der Waals surface area contributed by atoms with Crippen LogP contribution in [0, 0.1) is 0 Å². The number of pyridine rings is 1. The van der Waals surface area contributed by atoms with E-state index in [0.717, 1.165) is 29.4 Å². The molecule has 1 aliphatic rings. The lowest BCUT2D eigenvalue weighted by Gasteiger charge is -2.31. The van der Waals surface area contributed by atoms with Crippen molar-refractivity contribution in [2.45, 2.75) is 39.3 Å². The smallest absolute Gasteiger partial charge is 0.409 e. The Balaban J connectivity index is 1.58. The number of ether oxygens (including phenoxy) is 2. The van der Waals surface area contributed by atoms with Gasteiger partial charge in [0.15, 0.2) is 0 Å². The van der Waals surface area contributed by atoms with Crippen molar-refractivity contribution in [3.05, 3.63) is 52.9 Å². The lowest BCUT2D eigenvalue weighted by atomic mass is 10.1. The Morgan fingerprint density at radius 2 is 1.91 bits per heavy atom. The molecule has 0 radical (unpaired) electrons. The summed E-state index contributed by atoms with van der Waals surface area (Å²) in [4.78, 5) is 30.8. The molecule has 10 heteroatoms. The molecule has 0 atom stereocenters. The highest BCUT2D eigenvalue weighted by Crippen LogP contribution is 2.26. The van der Waals surface area contributed by atoms with E-state index in [0.29, 0.717) is 42.5 Å². The number of nitrogens with one attached hydrogen (secondary N) is 1. The average molecular weight is 486 g/mol. The van der Waals surface area contributed by atoms with Crippen LogP contribution in [-0.4, -0.2) is 64.1 Å². The summed E-state index contributed by atoms with van der Waals surface area (Å²) in [5.74, 6) is -0.413. The number of hydrogen-bond donors (Lipinski definition) is 1. The van der Waals surface area contributed by atoms with E-state index in [1.165, 1.54) is 0 Å². The van der Waals surface area contributed by atoms with Gasteiger partial charge in [-0.25, -0.2) is 14.3 Å². The minimum atomic E-state index is -0.413. The van der Waals surface area contributed by atoms with Gasteiger partial charge in [-0.1, -0.05) is 11.6 Å². The van der Waals surface area contributed by atoms with Gasteiger partial charge < -0.3 is 19.7 Å². The van der Waals surface area contributed by atoms with Crippen molar-refractivity contribution >= 4 is 34.6 Å². The fourth-order valence-electron chi connectivity index (χ4n) is 4.14. The van der Waals surface area contributed by atoms with Crippen molar-refractivity contribution in [1.82, 2.24) is 25.0 Å². The number of fused-ring (bicyclic) bond motifs is 1. The molecule has 4 rings (SSSR count). The van der Waals surface area contributed by atoms with Crippen molar-refractivity contribution in [3.8, 4) is 5.69 Å². The van der Waals surface area contributed by atoms with Crippen LogP contribution in [-0.2, 0) is 16.0 Å². The number of likely N-dealkylation sites (tertiary alicyclic amines) is 1. The monoisotopic (exact) mass is 485 g/mol. The highest BCUT2D eigenvalue weighted by Gasteiger charge is 2.25. The normalized spacial score (nSPS) is 14.4.